The van der Waals surface area contributed by atoms with Crippen molar-refractivity contribution in [2.45, 2.75) is 84.7 Å². The summed E-state index contributed by atoms with van der Waals surface area (Å²) in [5, 5.41) is 0. The SMILES string of the molecule is CCCCCCCCCCOC(C)c1ccc(OC(=O)c2ccc(-c3ccc(OCCC)cc3)cc2)cc1. The van der Waals surface area contributed by atoms with E-state index in [4.69, 9.17) is 14.2 Å². The summed E-state index contributed by atoms with van der Waals surface area (Å²) in [6, 6.07) is 23.1. The number of carbonyl (C=O) groups is 1. The van der Waals surface area contributed by atoms with E-state index >= 15 is 0 Å². The third-order valence-corrected chi connectivity index (χ3v) is 6.71. The molecule has 4 heteroatoms. The molecule has 1 unspecified atom stereocenters. The summed E-state index contributed by atoms with van der Waals surface area (Å²) in [7, 11) is 0. The van der Waals surface area contributed by atoms with E-state index in [2.05, 4.69) is 20.8 Å². The second kappa shape index (κ2) is 16.7. The van der Waals surface area contributed by atoms with Crippen molar-refractivity contribution in [3.05, 3.63) is 83.9 Å². The van der Waals surface area contributed by atoms with Crippen LogP contribution in [0.15, 0.2) is 72.8 Å². The topological polar surface area (TPSA) is 44.8 Å². The Labute approximate surface area is 229 Å². The summed E-state index contributed by atoms with van der Waals surface area (Å²) in [6.07, 6.45) is 11.4. The van der Waals surface area contributed by atoms with Gasteiger partial charge >= 0.3 is 5.97 Å². The molecule has 0 aliphatic heterocycles. The van der Waals surface area contributed by atoms with E-state index in [9.17, 15) is 4.79 Å². The van der Waals surface area contributed by atoms with Crippen molar-refractivity contribution in [1.29, 1.82) is 0 Å². The molecular formula is C34H44O4. The first kappa shape index (κ1) is 29.4. The van der Waals surface area contributed by atoms with Crippen LogP contribution in [0, 0.1) is 0 Å². The zero-order chi connectivity index (χ0) is 27.0. The molecule has 204 valence electrons. The molecule has 0 saturated heterocycles. The highest BCUT2D eigenvalue weighted by Crippen LogP contribution is 2.25. The molecule has 4 nitrogen and oxygen atoms in total. The van der Waals surface area contributed by atoms with Crippen LogP contribution in [0.5, 0.6) is 11.5 Å². The van der Waals surface area contributed by atoms with E-state index in [1.807, 2.05) is 60.7 Å². The molecule has 3 aromatic carbocycles. The Morgan fingerprint density at radius 1 is 0.632 bits per heavy atom. The minimum absolute atomic E-state index is 0.0177. The van der Waals surface area contributed by atoms with Crippen molar-refractivity contribution in [3.63, 3.8) is 0 Å². The fourth-order valence-electron chi connectivity index (χ4n) is 4.33. The Bertz CT molecular complexity index is 1060. The Morgan fingerprint density at radius 2 is 1.18 bits per heavy atom. The average Bonchev–Trinajstić information content (AvgIpc) is 2.96. The van der Waals surface area contributed by atoms with Gasteiger partial charge in [-0.25, -0.2) is 4.79 Å². The lowest BCUT2D eigenvalue weighted by Crippen LogP contribution is -2.08. The van der Waals surface area contributed by atoms with Crippen LogP contribution >= 0.6 is 0 Å². The zero-order valence-corrected chi connectivity index (χ0v) is 23.4. The van der Waals surface area contributed by atoms with Gasteiger partial charge in [-0.1, -0.05) is 95.2 Å². The molecule has 3 aromatic rings. The fraction of sp³-hybridized carbons (Fsp3) is 0.441. The highest BCUT2D eigenvalue weighted by atomic mass is 16.5. The van der Waals surface area contributed by atoms with Gasteiger partial charge in [0.15, 0.2) is 0 Å². The second-order valence-corrected chi connectivity index (χ2v) is 9.90. The first-order chi connectivity index (χ1) is 18.6. The van der Waals surface area contributed by atoms with Gasteiger partial charge in [-0.3, -0.25) is 0 Å². The average molecular weight is 517 g/mol. The first-order valence-corrected chi connectivity index (χ1v) is 14.4. The van der Waals surface area contributed by atoms with E-state index in [1.165, 1.54) is 44.9 Å². The predicted molar refractivity (Wildman–Crippen MR) is 156 cm³/mol. The summed E-state index contributed by atoms with van der Waals surface area (Å²) in [6.45, 7) is 7.90. The number of rotatable bonds is 17. The van der Waals surface area contributed by atoms with Crippen molar-refractivity contribution in [2.24, 2.45) is 0 Å². The lowest BCUT2D eigenvalue weighted by molar-refractivity contribution is 0.0627. The number of hydrogen-bond donors (Lipinski definition) is 0. The molecule has 0 aromatic heterocycles. The van der Waals surface area contributed by atoms with Gasteiger partial charge in [-0.2, -0.15) is 0 Å². The van der Waals surface area contributed by atoms with Crippen LogP contribution in [0.4, 0.5) is 0 Å². The Hall–Kier alpha value is -3.11. The van der Waals surface area contributed by atoms with Crippen molar-refractivity contribution in [1.82, 2.24) is 0 Å². The molecular weight excluding hydrogens is 472 g/mol. The molecule has 0 fully saturated rings. The van der Waals surface area contributed by atoms with Crippen molar-refractivity contribution < 1.29 is 19.0 Å². The molecule has 0 N–H and O–H groups in total. The third-order valence-electron chi connectivity index (χ3n) is 6.71. The molecule has 0 radical (unpaired) electrons. The molecule has 0 saturated carbocycles. The van der Waals surface area contributed by atoms with Gasteiger partial charge in [0, 0.05) is 6.61 Å². The van der Waals surface area contributed by atoms with E-state index in [1.54, 1.807) is 12.1 Å². The van der Waals surface area contributed by atoms with Gasteiger partial charge in [0.05, 0.1) is 18.3 Å². The molecule has 0 aliphatic carbocycles. The van der Waals surface area contributed by atoms with Gasteiger partial charge in [-0.05, 0) is 72.9 Å². The van der Waals surface area contributed by atoms with Crippen molar-refractivity contribution in [2.75, 3.05) is 13.2 Å². The van der Waals surface area contributed by atoms with Crippen LogP contribution in [0.2, 0.25) is 0 Å². The molecule has 0 amide bonds. The van der Waals surface area contributed by atoms with Crippen LogP contribution in [0.1, 0.15) is 101 Å². The van der Waals surface area contributed by atoms with E-state index in [0.717, 1.165) is 41.9 Å². The molecule has 38 heavy (non-hydrogen) atoms. The summed E-state index contributed by atoms with van der Waals surface area (Å²) >= 11 is 0. The van der Waals surface area contributed by atoms with Gasteiger partial charge in [0.1, 0.15) is 11.5 Å². The van der Waals surface area contributed by atoms with Crippen molar-refractivity contribution in [3.8, 4) is 22.6 Å². The Morgan fingerprint density at radius 3 is 1.79 bits per heavy atom. The van der Waals surface area contributed by atoms with E-state index in [0.29, 0.717) is 17.9 Å². The largest absolute Gasteiger partial charge is 0.494 e. The monoisotopic (exact) mass is 516 g/mol. The minimum atomic E-state index is -0.369. The number of hydrogen-bond acceptors (Lipinski definition) is 4. The number of ether oxygens (including phenoxy) is 3. The van der Waals surface area contributed by atoms with E-state index < -0.39 is 0 Å². The Balaban J connectivity index is 1.41. The molecule has 3 rings (SSSR count). The van der Waals surface area contributed by atoms with Crippen molar-refractivity contribution >= 4 is 5.97 Å². The highest BCUT2D eigenvalue weighted by molar-refractivity contribution is 5.91. The fourth-order valence-corrected chi connectivity index (χ4v) is 4.33. The maximum Gasteiger partial charge on any atom is 0.343 e. The van der Waals surface area contributed by atoms with Gasteiger partial charge in [-0.15, -0.1) is 0 Å². The summed E-state index contributed by atoms with van der Waals surface area (Å²) in [5.41, 5.74) is 3.71. The first-order valence-electron chi connectivity index (χ1n) is 14.4. The van der Waals surface area contributed by atoms with Gasteiger partial charge in [0.25, 0.3) is 0 Å². The summed E-state index contributed by atoms with van der Waals surface area (Å²) < 4.78 is 17.3. The van der Waals surface area contributed by atoms with Crippen LogP contribution < -0.4 is 9.47 Å². The van der Waals surface area contributed by atoms with Crippen LogP contribution in [-0.4, -0.2) is 19.2 Å². The second-order valence-electron chi connectivity index (χ2n) is 9.90. The molecule has 1 atom stereocenters. The quantitative estimate of drug-likeness (QED) is 0.102. The maximum atomic E-state index is 12.7. The molecule has 0 aliphatic rings. The number of benzene rings is 3. The van der Waals surface area contributed by atoms with Crippen LogP contribution in [-0.2, 0) is 4.74 Å². The smallest absolute Gasteiger partial charge is 0.343 e. The number of carbonyl (C=O) groups excluding carboxylic acids is 1. The maximum absolute atomic E-state index is 12.7. The summed E-state index contributed by atoms with van der Waals surface area (Å²) in [5.74, 6) is 1.03. The van der Waals surface area contributed by atoms with Crippen LogP contribution in [0.25, 0.3) is 11.1 Å². The number of unbranched alkanes of at least 4 members (excludes halogenated alkanes) is 7. The molecule has 0 spiro atoms. The molecule has 0 bridgehead atoms. The number of esters is 1. The lowest BCUT2D eigenvalue weighted by Gasteiger charge is -2.14. The van der Waals surface area contributed by atoms with Gasteiger partial charge in [0.2, 0.25) is 0 Å². The lowest BCUT2D eigenvalue weighted by atomic mass is 10.0. The highest BCUT2D eigenvalue weighted by Gasteiger charge is 2.11. The molecule has 0 heterocycles. The normalized spacial score (nSPS) is 11.8. The standard InChI is InChI=1S/C34H44O4/c1-4-6-7-8-9-10-11-12-26-36-27(3)28-17-23-33(24-18-28)38-34(35)31-15-13-29(14-16-31)30-19-21-32(22-20-30)37-25-5-2/h13-24,27H,4-12,25-26H2,1-3H3. The van der Waals surface area contributed by atoms with E-state index in [-0.39, 0.29) is 12.1 Å². The van der Waals surface area contributed by atoms with Gasteiger partial charge < -0.3 is 14.2 Å². The van der Waals surface area contributed by atoms with Crippen LogP contribution in [0.3, 0.4) is 0 Å². The Kier molecular flexibility index (Phi) is 12.9. The minimum Gasteiger partial charge on any atom is -0.494 e. The zero-order valence-electron chi connectivity index (χ0n) is 23.4. The predicted octanol–water partition coefficient (Wildman–Crippen LogP) is 9.58. The summed E-state index contributed by atoms with van der Waals surface area (Å²) in [4.78, 5) is 12.7. The third kappa shape index (κ3) is 9.98.